The molecule has 0 saturated carbocycles. The number of hydrogen-bond donors (Lipinski definition) is 3. The molecule has 0 saturated heterocycles. The fourth-order valence-corrected chi connectivity index (χ4v) is 1.95. The standard InChI is InChI=1S/C17H18N2O3/c1-12-7-8-13(11-20)9-15(12)19-16(21)10-18-17(22)14-5-3-2-4-6-14/h2-9,20H,10-11H2,1H3,(H,18,22)(H,19,21). The van der Waals surface area contributed by atoms with Gasteiger partial charge in [-0.3, -0.25) is 9.59 Å². The van der Waals surface area contributed by atoms with Crippen molar-refractivity contribution in [1.82, 2.24) is 5.32 Å². The monoisotopic (exact) mass is 298 g/mol. The molecule has 0 radical (unpaired) electrons. The molecule has 22 heavy (non-hydrogen) atoms. The van der Waals surface area contributed by atoms with Crippen molar-refractivity contribution in [2.24, 2.45) is 0 Å². The number of aliphatic hydroxyl groups excluding tert-OH is 1. The van der Waals surface area contributed by atoms with Gasteiger partial charge in [0, 0.05) is 11.3 Å². The maximum Gasteiger partial charge on any atom is 0.251 e. The number of rotatable bonds is 5. The average molecular weight is 298 g/mol. The Bertz CT molecular complexity index is 669. The maximum atomic E-state index is 11.9. The summed E-state index contributed by atoms with van der Waals surface area (Å²) in [6.45, 7) is 1.66. The number of anilines is 1. The summed E-state index contributed by atoms with van der Waals surface area (Å²) in [4.78, 5) is 23.8. The lowest BCUT2D eigenvalue weighted by atomic mass is 10.1. The van der Waals surface area contributed by atoms with Gasteiger partial charge in [0.2, 0.25) is 5.91 Å². The van der Waals surface area contributed by atoms with Crippen molar-refractivity contribution in [3.63, 3.8) is 0 Å². The lowest BCUT2D eigenvalue weighted by Crippen LogP contribution is -2.33. The zero-order chi connectivity index (χ0) is 15.9. The molecule has 3 N–H and O–H groups in total. The van der Waals surface area contributed by atoms with Gasteiger partial charge in [-0.15, -0.1) is 0 Å². The third-order valence-corrected chi connectivity index (χ3v) is 3.20. The van der Waals surface area contributed by atoms with E-state index < -0.39 is 0 Å². The van der Waals surface area contributed by atoms with Gasteiger partial charge in [0.15, 0.2) is 0 Å². The number of nitrogens with one attached hydrogen (secondary N) is 2. The minimum atomic E-state index is -0.317. The van der Waals surface area contributed by atoms with Gasteiger partial charge in [-0.25, -0.2) is 0 Å². The molecule has 2 rings (SSSR count). The van der Waals surface area contributed by atoms with Gasteiger partial charge in [-0.1, -0.05) is 30.3 Å². The van der Waals surface area contributed by atoms with Gasteiger partial charge in [0.1, 0.15) is 0 Å². The smallest absolute Gasteiger partial charge is 0.251 e. The van der Waals surface area contributed by atoms with Crippen LogP contribution in [0.1, 0.15) is 21.5 Å². The Kier molecular flexibility index (Phi) is 5.27. The van der Waals surface area contributed by atoms with Crippen molar-refractivity contribution in [3.8, 4) is 0 Å². The first kappa shape index (κ1) is 15.7. The van der Waals surface area contributed by atoms with Crippen LogP contribution in [0.15, 0.2) is 48.5 Å². The van der Waals surface area contributed by atoms with Gasteiger partial charge in [-0.05, 0) is 36.2 Å². The molecule has 0 atom stereocenters. The molecule has 5 heteroatoms. The largest absolute Gasteiger partial charge is 0.392 e. The molecule has 0 aromatic heterocycles. The number of aliphatic hydroxyl groups is 1. The highest BCUT2D eigenvalue weighted by atomic mass is 16.3. The van der Waals surface area contributed by atoms with E-state index in [2.05, 4.69) is 10.6 Å². The highest BCUT2D eigenvalue weighted by Gasteiger charge is 2.09. The number of amides is 2. The Morgan fingerprint density at radius 2 is 1.82 bits per heavy atom. The Labute approximate surface area is 129 Å². The Morgan fingerprint density at radius 1 is 1.09 bits per heavy atom. The number of aryl methyl sites for hydroxylation is 1. The Hall–Kier alpha value is -2.66. The van der Waals surface area contributed by atoms with Crippen LogP contribution >= 0.6 is 0 Å². The summed E-state index contributed by atoms with van der Waals surface area (Å²) in [6.07, 6.45) is 0. The zero-order valence-corrected chi connectivity index (χ0v) is 12.3. The van der Waals surface area contributed by atoms with Crippen LogP contribution in [-0.2, 0) is 11.4 Å². The third kappa shape index (κ3) is 4.17. The van der Waals surface area contributed by atoms with E-state index in [1.165, 1.54) is 0 Å². The van der Waals surface area contributed by atoms with Crippen LogP contribution in [0.4, 0.5) is 5.69 Å². The molecule has 114 valence electrons. The summed E-state index contributed by atoms with van der Waals surface area (Å²) < 4.78 is 0. The molecule has 5 nitrogen and oxygen atoms in total. The normalized spacial score (nSPS) is 10.1. The zero-order valence-electron chi connectivity index (χ0n) is 12.3. The van der Waals surface area contributed by atoms with Crippen LogP contribution in [0.2, 0.25) is 0 Å². The first-order valence-corrected chi connectivity index (χ1v) is 6.93. The van der Waals surface area contributed by atoms with E-state index in [4.69, 9.17) is 5.11 Å². The highest BCUT2D eigenvalue weighted by molar-refractivity contribution is 5.99. The predicted molar refractivity (Wildman–Crippen MR) is 84.5 cm³/mol. The molecule has 0 heterocycles. The first-order chi connectivity index (χ1) is 10.6. The van der Waals surface area contributed by atoms with E-state index in [0.29, 0.717) is 16.8 Å². The predicted octanol–water partition coefficient (Wildman–Crippen LogP) is 1.86. The van der Waals surface area contributed by atoms with E-state index in [-0.39, 0.29) is 25.0 Å². The van der Waals surface area contributed by atoms with Crippen molar-refractivity contribution >= 4 is 17.5 Å². The van der Waals surface area contributed by atoms with Crippen molar-refractivity contribution in [2.75, 3.05) is 11.9 Å². The maximum absolute atomic E-state index is 11.9. The molecule has 2 amide bonds. The number of carbonyl (C=O) groups excluding carboxylic acids is 2. The summed E-state index contributed by atoms with van der Waals surface area (Å²) in [6, 6.07) is 14.0. The summed E-state index contributed by atoms with van der Waals surface area (Å²) in [5.41, 5.74) is 2.74. The Morgan fingerprint density at radius 3 is 2.50 bits per heavy atom. The quantitative estimate of drug-likeness (QED) is 0.788. The SMILES string of the molecule is Cc1ccc(CO)cc1NC(=O)CNC(=O)c1ccccc1. The summed E-state index contributed by atoms with van der Waals surface area (Å²) >= 11 is 0. The van der Waals surface area contributed by atoms with E-state index in [1.807, 2.05) is 19.1 Å². The fourth-order valence-electron chi connectivity index (χ4n) is 1.95. The van der Waals surface area contributed by atoms with Gasteiger partial charge < -0.3 is 15.7 Å². The minimum Gasteiger partial charge on any atom is -0.392 e. The molecule has 2 aromatic rings. The lowest BCUT2D eigenvalue weighted by Gasteiger charge is -2.10. The van der Waals surface area contributed by atoms with Crippen molar-refractivity contribution < 1.29 is 14.7 Å². The fraction of sp³-hybridized carbons (Fsp3) is 0.176. The number of benzene rings is 2. The van der Waals surface area contributed by atoms with Crippen LogP contribution in [0.3, 0.4) is 0 Å². The highest BCUT2D eigenvalue weighted by Crippen LogP contribution is 2.16. The molecule has 0 aliphatic rings. The second kappa shape index (κ2) is 7.38. The van der Waals surface area contributed by atoms with Gasteiger partial charge in [0.25, 0.3) is 5.91 Å². The van der Waals surface area contributed by atoms with Crippen molar-refractivity contribution in [2.45, 2.75) is 13.5 Å². The minimum absolute atomic E-state index is 0.0894. The second-order valence-electron chi connectivity index (χ2n) is 4.90. The second-order valence-corrected chi connectivity index (χ2v) is 4.90. The van der Waals surface area contributed by atoms with Gasteiger partial charge in [-0.2, -0.15) is 0 Å². The summed E-state index contributed by atoms with van der Waals surface area (Å²) in [5, 5.41) is 14.4. The molecule has 0 bridgehead atoms. The molecular formula is C17H18N2O3. The van der Waals surface area contributed by atoms with Crippen LogP contribution in [0.5, 0.6) is 0 Å². The number of carbonyl (C=O) groups is 2. The topological polar surface area (TPSA) is 78.4 Å². The lowest BCUT2D eigenvalue weighted by molar-refractivity contribution is -0.115. The molecule has 0 fully saturated rings. The van der Waals surface area contributed by atoms with Crippen LogP contribution in [0, 0.1) is 6.92 Å². The van der Waals surface area contributed by atoms with Gasteiger partial charge in [0.05, 0.1) is 13.2 Å². The van der Waals surface area contributed by atoms with Crippen LogP contribution < -0.4 is 10.6 Å². The Balaban J connectivity index is 1.92. The van der Waals surface area contributed by atoms with E-state index in [0.717, 1.165) is 5.56 Å². The average Bonchev–Trinajstić information content (AvgIpc) is 2.55. The van der Waals surface area contributed by atoms with Crippen LogP contribution in [-0.4, -0.2) is 23.5 Å². The summed E-state index contributed by atoms with van der Waals surface area (Å²) in [7, 11) is 0. The van der Waals surface area contributed by atoms with E-state index in [9.17, 15) is 9.59 Å². The molecule has 0 aliphatic heterocycles. The van der Waals surface area contributed by atoms with Crippen molar-refractivity contribution in [3.05, 3.63) is 65.2 Å². The molecule has 0 aliphatic carbocycles. The molecule has 0 spiro atoms. The third-order valence-electron chi connectivity index (χ3n) is 3.20. The number of hydrogen-bond acceptors (Lipinski definition) is 3. The van der Waals surface area contributed by atoms with E-state index in [1.54, 1.807) is 36.4 Å². The van der Waals surface area contributed by atoms with E-state index >= 15 is 0 Å². The first-order valence-electron chi connectivity index (χ1n) is 6.93. The van der Waals surface area contributed by atoms with Gasteiger partial charge >= 0.3 is 0 Å². The molecular weight excluding hydrogens is 280 g/mol. The molecule has 2 aromatic carbocycles. The summed E-state index contributed by atoms with van der Waals surface area (Å²) in [5.74, 6) is -0.612. The van der Waals surface area contributed by atoms with Crippen molar-refractivity contribution in [1.29, 1.82) is 0 Å². The van der Waals surface area contributed by atoms with Crippen LogP contribution in [0.25, 0.3) is 0 Å². The molecule has 0 unspecified atom stereocenters.